The normalized spacial score (nSPS) is 12.4. The van der Waals surface area contributed by atoms with Crippen molar-refractivity contribution in [3.63, 3.8) is 0 Å². The van der Waals surface area contributed by atoms with E-state index in [9.17, 15) is 22.4 Å². The Kier molecular flexibility index (Phi) is 5.51. The number of alkyl halides is 3. The molecule has 0 spiro atoms. The Bertz CT molecular complexity index is 745. The molecule has 0 saturated heterocycles. The lowest BCUT2D eigenvalue weighted by molar-refractivity contribution is -0.274. The number of nitrogens with one attached hydrogen (secondary N) is 1. The van der Waals surface area contributed by atoms with Gasteiger partial charge in [0, 0.05) is 5.56 Å². The van der Waals surface area contributed by atoms with E-state index in [2.05, 4.69) is 10.1 Å². The van der Waals surface area contributed by atoms with Gasteiger partial charge in [0.25, 0.3) is 5.91 Å². The van der Waals surface area contributed by atoms with Crippen LogP contribution in [0.25, 0.3) is 0 Å². The molecule has 0 aliphatic carbocycles. The van der Waals surface area contributed by atoms with Crippen molar-refractivity contribution >= 4 is 5.91 Å². The van der Waals surface area contributed by atoms with Crippen LogP contribution in [0.15, 0.2) is 42.5 Å². The number of amides is 1. The van der Waals surface area contributed by atoms with Crippen LogP contribution in [0, 0.1) is 5.82 Å². The molecule has 0 aliphatic rings. The number of halogens is 4. The van der Waals surface area contributed by atoms with Crippen LogP contribution in [0.2, 0.25) is 0 Å². The Morgan fingerprint density at radius 3 is 2.28 bits per heavy atom. The van der Waals surface area contributed by atoms with E-state index in [-0.39, 0.29) is 11.3 Å². The smallest absolute Gasteiger partial charge is 0.494 e. The zero-order valence-electron chi connectivity index (χ0n) is 13.4. The molecule has 25 heavy (non-hydrogen) atoms. The summed E-state index contributed by atoms with van der Waals surface area (Å²) in [6.45, 7) is 1.65. The van der Waals surface area contributed by atoms with Crippen molar-refractivity contribution < 1.29 is 31.8 Å². The largest absolute Gasteiger partial charge is 0.573 e. The summed E-state index contributed by atoms with van der Waals surface area (Å²) in [5.41, 5.74) is 0.666. The standard InChI is InChI=1S/C17H15F4NO3/c1-10(12-5-8-15(24-2)14(18)9-12)22-16(23)11-3-6-13(7-4-11)25-17(19,20)21/h3-10H,1-2H3,(H,22,23)/t10-/m0/s1. The maximum atomic E-state index is 13.7. The lowest BCUT2D eigenvalue weighted by atomic mass is 10.1. The van der Waals surface area contributed by atoms with E-state index in [0.717, 1.165) is 12.1 Å². The fourth-order valence-corrected chi connectivity index (χ4v) is 2.12. The van der Waals surface area contributed by atoms with Gasteiger partial charge < -0.3 is 14.8 Å². The number of carbonyl (C=O) groups excluding carboxylic acids is 1. The predicted octanol–water partition coefficient (Wildman–Crippen LogP) is 4.22. The molecule has 0 heterocycles. The van der Waals surface area contributed by atoms with Gasteiger partial charge in [0.1, 0.15) is 5.75 Å². The number of benzene rings is 2. The Balaban J connectivity index is 2.04. The zero-order valence-corrected chi connectivity index (χ0v) is 13.4. The zero-order chi connectivity index (χ0) is 18.6. The molecule has 1 atom stereocenters. The first kappa shape index (κ1) is 18.6. The highest BCUT2D eigenvalue weighted by Gasteiger charge is 2.31. The summed E-state index contributed by atoms with van der Waals surface area (Å²) < 4.78 is 58.6. The molecule has 134 valence electrons. The first-order chi connectivity index (χ1) is 11.7. The average Bonchev–Trinajstić information content (AvgIpc) is 2.53. The molecule has 0 unspecified atom stereocenters. The first-order valence-corrected chi connectivity index (χ1v) is 7.19. The molecule has 1 N–H and O–H groups in total. The maximum absolute atomic E-state index is 13.7. The summed E-state index contributed by atoms with van der Waals surface area (Å²) in [6.07, 6.45) is -4.79. The number of ether oxygens (including phenoxy) is 2. The third-order valence-corrected chi connectivity index (χ3v) is 3.37. The number of methoxy groups -OCH3 is 1. The number of hydrogen-bond donors (Lipinski definition) is 1. The van der Waals surface area contributed by atoms with Gasteiger partial charge in [0.05, 0.1) is 13.2 Å². The van der Waals surface area contributed by atoms with Gasteiger partial charge in [-0.2, -0.15) is 0 Å². The molecule has 0 fully saturated rings. The second kappa shape index (κ2) is 7.42. The lowest BCUT2D eigenvalue weighted by Crippen LogP contribution is -2.26. The molecule has 1 amide bonds. The number of rotatable bonds is 5. The Morgan fingerprint density at radius 1 is 1.12 bits per heavy atom. The molecule has 0 saturated carbocycles. The van der Waals surface area contributed by atoms with Gasteiger partial charge in [-0.1, -0.05) is 6.07 Å². The minimum absolute atomic E-state index is 0.0857. The monoisotopic (exact) mass is 357 g/mol. The lowest BCUT2D eigenvalue weighted by Gasteiger charge is -2.15. The summed E-state index contributed by atoms with van der Waals surface area (Å²) in [6, 6.07) is 8.27. The Hall–Kier alpha value is -2.77. The van der Waals surface area contributed by atoms with E-state index >= 15 is 0 Å². The minimum atomic E-state index is -4.79. The molecule has 0 bridgehead atoms. The number of hydrogen-bond acceptors (Lipinski definition) is 3. The van der Waals surface area contributed by atoms with Crippen molar-refractivity contribution in [2.75, 3.05) is 7.11 Å². The van der Waals surface area contributed by atoms with E-state index in [1.54, 1.807) is 13.0 Å². The summed E-state index contributed by atoms with van der Waals surface area (Å²) >= 11 is 0. The van der Waals surface area contributed by atoms with Crippen LogP contribution >= 0.6 is 0 Å². The molecular weight excluding hydrogens is 342 g/mol. The Labute approximate surface area is 141 Å². The third-order valence-electron chi connectivity index (χ3n) is 3.37. The van der Waals surface area contributed by atoms with Crippen molar-refractivity contribution in [1.82, 2.24) is 5.32 Å². The fourth-order valence-electron chi connectivity index (χ4n) is 2.12. The SMILES string of the molecule is COc1ccc([C@H](C)NC(=O)c2ccc(OC(F)(F)F)cc2)cc1F. The summed E-state index contributed by atoms with van der Waals surface area (Å²) in [5, 5.41) is 2.64. The second-order valence-electron chi connectivity index (χ2n) is 5.16. The van der Waals surface area contributed by atoms with Gasteiger partial charge in [0.15, 0.2) is 11.6 Å². The van der Waals surface area contributed by atoms with E-state index in [1.807, 2.05) is 0 Å². The van der Waals surface area contributed by atoms with Crippen LogP contribution in [0.3, 0.4) is 0 Å². The van der Waals surface area contributed by atoms with E-state index < -0.39 is 29.9 Å². The molecule has 0 aromatic heterocycles. The van der Waals surface area contributed by atoms with Crippen molar-refractivity contribution in [3.8, 4) is 11.5 Å². The molecule has 0 aliphatic heterocycles. The molecule has 2 aromatic rings. The van der Waals surface area contributed by atoms with Crippen LogP contribution < -0.4 is 14.8 Å². The van der Waals surface area contributed by atoms with Crippen LogP contribution in [0.1, 0.15) is 28.9 Å². The maximum Gasteiger partial charge on any atom is 0.573 e. The summed E-state index contributed by atoms with van der Waals surface area (Å²) in [4.78, 5) is 12.1. The van der Waals surface area contributed by atoms with Crippen molar-refractivity contribution in [3.05, 3.63) is 59.4 Å². The van der Waals surface area contributed by atoms with Gasteiger partial charge in [-0.25, -0.2) is 4.39 Å². The molecular formula is C17H15F4NO3. The van der Waals surface area contributed by atoms with Crippen LogP contribution in [-0.4, -0.2) is 19.4 Å². The highest BCUT2D eigenvalue weighted by Crippen LogP contribution is 2.24. The third kappa shape index (κ3) is 5.10. The predicted molar refractivity (Wildman–Crippen MR) is 82.0 cm³/mol. The Morgan fingerprint density at radius 2 is 1.76 bits per heavy atom. The van der Waals surface area contributed by atoms with Crippen molar-refractivity contribution in [2.45, 2.75) is 19.3 Å². The van der Waals surface area contributed by atoms with Gasteiger partial charge in [-0.05, 0) is 48.9 Å². The summed E-state index contributed by atoms with van der Waals surface area (Å²) in [5.74, 6) is -1.41. The van der Waals surface area contributed by atoms with E-state index in [4.69, 9.17) is 4.74 Å². The fraction of sp³-hybridized carbons (Fsp3) is 0.235. The van der Waals surface area contributed by atoms with Crippen LogP contribution in [-0.2, 0) is 0 Å². The number of carbonyl (C=O) groups is 1. The van der Waals surface area contributed by atoms with E-state index in [0.29, 0.717) is 5.56 Å². The summed E-state index contributed by atoms with van der Waals surface area (Å²) in [7, 11) is 1.34. The quantitative estimate of drug-likeness (QED) is 0.815. The first-order valence-electron chi connectivity index (χ1n) is 7.19. The average molecular weight is 357 g/mol. The highest BCUT2D eigenvalue weighted by atomic mass is 19.4. The minimum Gasteiger partial charge on any atom is -0.494 e. The molecule has 8 heteroatoms. The van der Waals surface area contributed by atoms with Gasteiger partial charge in [0.2, 0.25) is 0 Å². The van der Waals surface area contributed by atoms with Gasteiger partial charge in [-0.15, -0.1) is 13.2 Å². The van der Waals surface area contributed by atoms with Gasteiger partial charge in [-0.3, -0.25) is 4.79 Å². The molecule has 0 radical (unpaired) electrons. The second-order valence-corrected chi connectivity index (χ2v) is 5.16. The van der Waals surface area contributed by atoms with Crippen molar-refractivity contribution in [2.24, 2.45) is 0 Å². The van der Waals surface area contributed by atoms with E-state index in [1.165, 1.54) is 31.4 Å². The van der Waals surface area contributed by atoms with Gasteiger partial charge >= 0.3 is 6.36 Å². The highest BCUT2D eigenvalue weighted by molar-refractivity contribution is 5.94. The molecule has 2 aromatic carbocycles. The van der Waals surface area contributed by atoms with Crippen LogP contribution in [0.5, 0.6) is 11.5 Å². The van der Waals surface area contributed by atoms with Crippen molar-refractivity contribution in [1.29, 1.82) is 0 Å². The topological polar surface area (TPSA) is 47.6 Å². The van der Waals surface area contributed by atoms with Crippen LogP contribution in [0.4, 0.5) is 17.6 Å². The molecule has 2 rings (SSSR count). The molecule has 4 nitrogen and oxygen atoms in total.